The lowest BCUT2D eigenvalue weighted by Crippen LogP contribution is -2.05. The number of halogens is 3. The molecule has 0 atom stereocenters. The molecule has 0 radical (unpaired) electrons. The molecule has 0 saturated heterocycles. The van der Waals surface area contributed by atoms with Gasteiger partial charge in [0.2, 0.25) is 0 Å². The number of ketones is 1. The van der Waals surface area contributed by atoms with E-state index in [0.29, 0.717) is 17.1 Å². The minimum atomic E-state index is -4.42. The first-order chi connectivity index (χ1) is 13.3. The Kier molecular flexibility index (Phi) is 5.68. The highest BCUT2D eigenvalue weighted by atomic mass is 19.4. The Morgan fingerprint density at radius 1 is 1.07 bits per heavy atom. The van der Waals surface area contributed by atoms with Crippen LogP contribution in [0.25, 0.3) is 6.08 Å². The van der Waals surface area contributed by atoms with Gasteiger partial charge >= 0.3 is 6.18 Å². The Balaban J connectivity index is 1.61. The molecule has 0 spiro atoms. The van der Waals surface area contributed by atoms with Crippen molar-refractivity contribution < 1.29 is 27.1 Å². The van der Waals surface area contributed by atoms with Crippen LogP contribution in [0.3, 0.4) is 0 Å². The Morgan fingerprint density at radius 2 is 1.86 bits per heavy atom. The number of hydrogen-bond acceptors (Lipinski definition) is 3. The summed E-state index contributed by atoms with van der Waals surface area (Å²) in [6.45, 7) is 1.88. The van der Waals surface area contributed by atoms with E-state index >= 15 is 0 Å². The van der Waals surface area contributed by atoms with Crippen LogP contribution in [-0.2, 0) is 12.8 Å². The summed E-state index contributed by atoms with van der Waals surface area (Å²) in [5.74, 6) is 0.823. The standard InChI is InChI=1S/C22H17F3O3/c1-15-4-2-5-16(12-15)21(26)11-10-18-8-9-20(28-18)14-27-19-7-3-6-17(13-19)22(23,24)25/h2-13H,14H2,1H3/b11-10+. The van der Waals surface area contributed by atoms with Gasteiger partial charge in [-0.2, -0.15) is 13.2 Å². The highest BCUT2D eigenvalue weighted by Gasteiger charge is 2.30. The van der Waals surface area contributed by atoms with E-state index in [0.717, 1.165) is 17.7 Å². The fraction of sp³-hybridized carbons (Fsp3) is 0.136. The van der Waals surface area contributed by atoms with E-state index in [-0.39, 0.29) is 18.1 Å². The van der Waals surface area contributed by atoms with Gasteiger partial charge in [0.25, 0.3) is 0 Å². The highest BCUT2D eigenvalue weighted by Crippen LogP contribution is 2.31. The molecule has 3 aromatic rings. The Bertz CT molecular complexity index is 1000. The molecule has 0 unspecified atom stereocenters. The van der Waals surface area contributed by atoms with Gasteiger partial charge in [-0.15, -0.1) is 0 Å². The van der Waals surface area contributed by atoms with Crippen molar-refractivity contribution in [2.45, 2.75) is 19.7 Å². The van der Waals surface area contributed by atoms with E-state index < -0.39 is 11.7 Å². The number of carbonyl (C=O) groups is 1. The van der Waals surface area contributed by atoms with Crippen LogP contribution < -0.4 is 4.74 Å². The quantitative estimate of drug-likeness (QED) is 0.381. The largest absolute Gasteiger partial charge is 0.486 e. The number of ether oxygens (including phenoxy) is 1. The molecular weight excluding hydrogens is 369 g/mol. The van der Waals surface area contributed by atoms with Gasteiger partial charge in [0, 0.05) is 5.56 Å². The summed E-state index contributed by atoms with van der Waals surface area (Å²) in [4.78, 5) is 12.2. The molecule has 3 rings (SSSR count). The second-order valence-electron chi connectivity index (χ2n) is 6.19. The summed E-state index contributed by atoms with van der Waals surface area (Å²) in [6.07, 6.45) is -1.48. The van der Waals surface area contributed by atoms with Crippen molar-refractivity contribution in [3.63, 3.8) is 0 Å². The van der Waals surface area contributed by atoms with Crippen LogP contribution in [0.15, 0.2) is 71.2 Å². The SMILES string of the molecule is Cc1cccc(C(=O)/C=C/c2ccc(COc3cccc(C(F)(F)F)c3)o2)c1. The molecule has 144 valence electrons. The molecular formula is C22H17F3O3. The van der Waals surface area contributed by atoms with E-state index in [2.05, 4.69) is 0 Å². The van der Waals surface area contributed by atoms with Gasteiger partial charge in [-0.05, 0) is 55.5 Å². The zero-order chi connectivity index (χ0) is 20.1. The van der Waals surface area contributed by atoms with Crippen molar-refractivity contribution >= 4 is 11.9 Å². The topological polar surface area (TPSA) is 39.4 Å². The first-order valence-corrected chi connectivity index (χ1v) is 8.49. The van der Waals surface area contributed by atoms with Gasteiger partial charge in [-0.25, -0.2) is 0 Å². The summed E-state index contributed by atoms with van der Waals surface area (Å²) >= 11 is 0. The summed E-state index contributed by atoms with van der Waals surface area (Å²) in [5.41, 5.74) is 0.796. The molecule has 2 aromatic carbocycles. The van der Waals surface area contributed by atoms with Gasteiger partial charge < -0.3 is 9.15 Å². The van der Waals surface area contributed by atoms with E-state index in [9.17, 15) is 18.0 Å². The number of aryl methyl sites for hydroxylation is 1. The minimum absolute atomic E-state index is 0.0268. The summed E-state index contributed by atoms with van der Waals surface area (Å²) in [5, 5.41) is 0. The van der Waals surface area contributed by atoms with Crippen LogP contribution in [0.1, 0.15) is 33.0 Å². The predicted octanol–water partition coefficient (Wildman–Crippen LogP) is 6.08. The van der Waals surface area contributed by atoms with Gasteiger partial charge in [0.15, 0.2) is 5.78 Å². The van der Waals surface area contributed by atoms with E-state index in [1.54, 1.807) is 30.3 Å². The van der Waals surface area contributed by atoms with E-state index in [1.807, 2.05) is 19.1 Å². The van der Waals surface area contributed by atoms with Crippen LogP contribution in [0.4, 0.5) is 13.2 Å². The second kappa shape index (κ2) is 8.17. The van der Waals surface area contributed by atoms with Crippen LogP contribution in [0.2, 0.25) is 0 Å². The molecule has 0 aliphatic heterocycles. The lowest BCUT2D eigenvalue weighted by atomic mass is 10.1. The molecule has 28 heavy (non-hydrogen) atoms. The molecule has 0 N–H and O–H groups in total. The molecule has 6 heteroatoms. The summed E-state index contributed by atoms with van der Waals surface area (Å²) in [7, 11) is 0. The number of allylic oxidation sites excluding steroid dienone is 1. The maximum atomic E-state index is 12.7. The van der Waals surface area contributed by atoms with Crippen molar-refractivity contribution in [3.8, 4) is 5.75 Å². The van der Waals surface area contributed by atoms with Crippen molar-refractivity contribution in [1.29, 1.82) is 0 Å². The average molecular weight is 386 g/mol. The molecule has 1 heterocycles. The molecule has 1 aromatic heterocycles. The van der Waals surface area contributed by atoms with Crippen LogP contribution in [0, 0.1) is 6.92 Å². The second-order valence-corrected chi connectivity index (χ2v) is 6.19. The van der Waals surface area contributed by atoms with Crippen molar-refractivity contribution in [1.82, 2.24) is 0 Å². The third-order valence-electron chi connectivity index (χ3n) is 3.93. The first kappa shape index (κ1) is 19.5. The van der Waals surface area contributed by atoms with Crippen LogP contribution >= 0.6 is 0 Å². The summed E-state index contributed by atoms with van der Waals surface area (Å²) < 4.78 is 49.1. The number of benzene rings is 2. The number of carbonyl (C=O) groups excluding carboxylic acids is 1. The third kappa shape index (κ3) is 5.13. The molecule has 0 saturated carbocycles. The van der Waals surface area contributed by atoms with Crippen molar-refractivity contribution in [3.05, 3.63) is 95.0 Å². The Morgan fingerprint density at radius 3 is 2.61 bits per heavy atom. The van der Waals surface area contributed by atoms with Crippen LogP contribution in [0.5, 0.6) is 5.75 Å². The lowest BCUT2D eigenvalue weighted by Gasteiger charge is -2.09. The maximum Gasteiger partial charge on any atom is 0.416 e. The zero-order valence-corrected chi connectivity index (χ0v) is 15.0. The molecule has 3 nitrogen and oxygen atoms in total. The van der Waals surface area contributed by atoms with Gasteiger partial charge in [0.1, 0.15) is 23.9 Å². The van der Waals surface area contributed by atoms with Gasteiger partial charge in [0.05, 0.1) is 5.56 Å². The number of furan rings is 1. The zero-order valence-electron chi connectivity index (χ0n) is 15.0. The Labute approximate surface area is 160 Å². The number of hydrogen-bond donors (Lipinski definition) is 0. The van der Waals surface area contributed by atoms with Crippen molar-refractivity contribution in [2.24, 2.45) is 0 Å². The van der Waals surface area contributed by atoms with Crippen molar-refractivity contribution in [2.75, 3.05) is 0 Å². The summed E-state index contributed by atoms with van der Waals surface area (Å²) in [6, 6.07) is 15.2. The lowest BCUT2D eigenvalue weighted by molar-refractivity contribution is -0.137. The smallest absolute Gasteiger partial charge is 0.416 e. The normalized spacial score (nSPS) is 11.7. The fourth-order valence-electron chi connectivity index (χ4n) is 2.53. The average Bonchev–Trinajstić information content (AvgIpc) is 3.12. The van der Waals surface area contributed by atoms with Crippen LogP contribution in [-0.4, -0.2) is 5.78 Å². The number of rotatable bonds is 6. The van der Waals surface area contributed by atoms with E-state index in [4.69, 9.17) is 9.15 Å². The monoisotopic (exact) mass is 386 g/mol. The molecule has 0 amide bonds. The third-order valence-corrected chi connectivity index (χ3v) is 3.93. The maximum absolute atomic E-state index is 12.7. The predicted molar refractivity (Wildman–Crippen MR) is 99.0 cm³/mol. The molecule has 0 aliphatic carbocycles. The minimum Gasteiger partial charge on any atom is -0.486 e. The number of alkyl halides is 3. The molecule has 0 bridgehead atoms. The highest BCUT2D eigenvalue weighted by molar-refractivity contribution is 6.06. The molecule has 0 fully saturated rings. The first-order valence-electron chi connectivity index (χ1n) is 8.49. The fourth-order valence-corrected chi connectivity index (χ4v) is 2.53. The van der Waals surface area contributed by atoms with E-state index in [1.165, 1.54) is 18.2 Å². The van der Waals surface area contributed by atoms with Gasteiger partial charge in [-0.3, -0.25) is 4.79 Å². The van der Waals surface area contributed by atoms with Gasteiger partial charge in [-0.1, -0.05) is 29.8 Å². The Hall–Kier alpha value is -3.28. The molecule has 0 aliphatic rings.